The van der Waals surface area contributed by atoms with Gasteiger partial charge in [0.2, 0.25) is 0 Å². The van der Waals surface area contributed by atoms with E-state index >= 15 is 0 Å². The molecule has 23 heavy (non-hydrogen) atoms. The largest absolute Gasteiger partial charge is 0.462 e. The fourth-order valence-corrected chi connectivity index (χ4v) is 2.74. The van der Waals surface area contributed by atoms with Gasteiger partial charge in [-0.25, -0.2) is 0 Å². The highest BCUT2D eigenvalue weighted by molar-refractivity contribution is 5.66. The van der Waals surface area contributed by atoms with Crippen molar-refractivity contribution >= 4 is 5.97 Å². The number of hydrogen-bond acceptors (Lipinski definition) is 4. The van der Waals surface area contributed by atoms with Crippen LogP contribution >= 0.6 is 0 Å². The summed E-state index contributed by atoms with van der Waals surface area (Å²) in [6, 6.07) is 0. The predicted octanol–water partition coefficient (Wildman–Crippen LogP) is 4.14. The van der Waals surface area contributed by atoms with E-state index in [2.05, 4.69) is 6.58 Å². The SMILES string of the molecule is C=CCCCCCCCCCCC[C@@H](C[C@@H](O)CO)OC(C)=O. The summed E-state index contributed by atoms with van der Waals surface area (Å²) in [5.41, 5.74) is 0. The lowest BCUT2D eigenvalue weighted by Gasteiger charge is -2.19. The van der Waals surface area contributed by atoms with Crippen LogP contribution in [0.3, 0.4) is 0 Å². The van der Waals surface area contributed by atoms with Crippen molar-refractivity contribution in [3.05, 3.63) is 12.7 Å². The van der Waals surface area contributed by atoms with Crippen molar-refractivity contribution in [2.24, 2.45) is 0 Å². The molecule has 4 heteroatoms. The summed E-state index contributed by atoms with van der Waals surface area (Å²) in [4.78, 5) is 11.1. The summed E-state index contributed by atoms with van der Waals surface area (Å²) in [5.74, 6) is -0.323. The minimum Gasteiger partial charge on any atom is -0.462 e. The summed E-state index contributed by atoms with van der Waals surface area (Å²) in [5, 5.41) is 18.4. The first-order chi connectivity index (χ1) is 11.1. The molecule has 0 saturated carbocycles. The zero-order chi connectivity index (χ0) is 17.3. The van der Waals surface area contributed by atoms with E-state index in [0.717, 1.165) is 25.7 Å². The van der Waals surface area contributed by atoms with E-state index < -0.39 is 6.10 Å². The molecule has 0 aromatic rings. The lowest BCUT2D eigenvalue weighted by atomic mass is 10.0. The minimum absolute atomic E-state index is 0.278. The van der Waals surface area contributed by atoms with E-state index in [9.17, 15) is 9.90 Å². The maximum absolute atomic E-state index is 11.1. The molecule has 0 bridgehead atoms. The molecule has 0 aliphatic rings. The van der Waals surface area contributed by atoms with Crippen LogP contribution in [0.2, 0.25) is 0 Å². The van der Waals surface area contributed by atoms with E-state index in [4.69, 9.17) is 9.84 Å². The lowest BCUT2D eigenvalue weighted by Crippen LogP contribution is -2.25. The minimum atomic E-state index is -0.805. The number of rotatable bonds is 16. The quantitative estimate of drug-likeness (QED) is 0.254. The van der Waals surface area contributed by atoms with Crippen molar-refractivity contribution in [2.45, 2.75) is 96.2 Å². The van der Waals surface area contributed by atoms with Gasteiger partial charge >= 0.3 is 5.97 Å². The smallest absolute Gasteiger partial charge is 0.302 e. The Balaban J connectivity index is 3.54. The molecule has 0 heterocycles. The van der Waals surface area contributed by atoms with Crippen LogP contribution in [0.25, 0.3) is 0 Å². The molecule has 136 valence electrons. The van der Waals surface area contributed by atoms with Crippen LogP contribution < -0.4 is 0 Å². The van der Waals surface area contributed by atoms with E-state index in [1.54, 1.807) is 0 Å². The van der Waals surface area contributed by atoms with Crippen LogP contribution in [0.5, 0.6) is 0 Å². The van der Waals surface area contributed by atoms with Gasteiger partial charge in [0.15, 0.2) is 0 Å². The second-order valence-corrected chi connectivity index (χ2v) is 6.35. The second-order valence-electron chi connectivity index (χ2n) is 6.35. The zero-order valence-electron chi connectivity index (χ0n) is 14.8. The van der Waals surface area contributed by atoms with Gasteiger partial charge in [0.25, 0.3) is 0 Å². The standard InChI is InChI=1S/C19H36O4/c1-3-4-5-6-7-8-9-10-11-12-13-14-19(23-17(2)21)15-18(22)16-20/h3,18-20,22H,1,4-16H2,2H3/t18-,19+/m1/s1. The molecule has 0 rings (SSSR count). The number of unbranched alkanes of at least 4 members (excludes halogenated alkanes) is 9. The maximum Gasteiger partial charge on any atom is 0.302 e. The zero-order valence-corrected chi connectivity index (χ0v) is 14.8. The van der Waals surface area contributed by atoms with Gasteiger partial charge in [-0.3, -0.25) is 4.79 Å². The van der Waals surface area contributed by atoms with Crippen molar-refractivity contribution < 1.29 is 19.7 Å². The average Bonchev–Trinajstić information content (AvgIpc) is 2.51. The molecule has 0 fully saturated rings. The molecule has 0 aromatic heterocycles. The molecule has 0 radical (unpaired) electrons. The van der Waals surface area contributed by atoms with Crippen molar-refractivity contribution in [3.63, 3.8) is 0 Å². The summed E-state index contributed by atoms with van der Waals surface area (Å²) in [7, 11) is 0. The van der Waals surface area contributed by atoms with Gasteiger partial charge in [-0.2, -0.15) is 0 Å². The normalized spacial score (nSPS) is 13.5. The third-order valence-electron chi connectivity index (χ3n) is 4.01. The fraction of sp³-hybridized carbons (Fsp3) is 0.842. The van der Waals surface area contributed by atoms with E-state index in [0.29, 0.717) is 6.42 Å². The molecule has 2 atom stereocenters. The number of aliphatic hydroxyl groups excluding tert-OH is 2. The fourth-order valence-electron chi connectivity index (χ4n) is 2.74. The van der Waals surface area contributed by atoms with Crippen LogP contribution in [-0.4, -0.2) is 35.0 Å². The first kappa shape index (κ1) is 22.1. The lowest BCUT2D eigenvalue weighted by molar-refractivity contribution is -0.148. The molecule has 0 aliphatic heterocycles. The topological polar surface area (TPSA) is 66.8 Å². The number of carbonyl (C=O) groups is 1. The van der Waals surface area contributed by atoms with Gasteiger partial charge in [-0.1, -0.05) is 51.0 Å². The molecule has 0 aromatic carbocycles. The number of ether oxygens (including phenoxy) is 1. The van der Waals surface area contributed by atoms with Gasteiger partial charge in [0.1, 0.15) is 6.10 Å². The first-order valence-corrected chi connectivity index (χ1v) is 9.17. The van der Waals surface area contributed by atoms with Crippen LogP contribution in [0.15, 0.2) is 12.7 Å². The van der Waals surface area contributed by atoms with Gasteiger partial charge < -0.3 is 14.9 Å². The van der Waals surface area contributed by atoms with Gasteiger partial charge in [-0.15, -0.1) is 6.58 Å². The third kappa shape index (κ3) is 15.8. The second kappa shape index (κ2) is 16.0. The Kier molecular flexibility index (Phi) is 15.4. The van der Waals surface area contributed by atoms with E-state index in [1.807, 2.05) is 6.08 Å². The summed E-state index contributed by atoms with van der Waals surface area (Å²) < 4.78 is 5.20. The van der Waals surface area contributed by atoms with E-state index in [1.165, 1.54) is 51.9 Å². The summed E-state index contributed by atoms with van der Waals surface area (Å²) >= 11 is 0. The van der Waals surface area contributed by atoms with Crippen LogP contribution in [0.1, 0.15) is 84.0 Å². The maximum atomic E-state index is 11.1. The third-order valence-corrected chi connectivity index (χ3v) is 4.01. The molecule has 0 amide bonds. The molecule has 4 nitrogen and oxygen atoms in total. The summed E-state index contributed by atoms with van der Waals surface area (Å²) in [6.45, 7) is 4.83. The van der Waals surface area contributed by atoms with Crippen molar-refractivity contribution in [1.29, 1.82) is 0 Å². The van der Waals surface area contributed by atoms with Crippen LogP contribution in [0, 0.1) is 0 Å². The average molecular weight is 328 g/mol. The molecular weight excluding hydrogens is 292 g/mol. The number of allylic oxidation sites excluding steroid dienone is 1. The predicted molar refractivity (Wildman–Crippen MR) is 94.2 cm³/mol. The highest BCUT2D eigenvalue weighted by atomic mass is 16.5. The highest BCUT2D eigenvalue weighted by Crippen LogP contribution is 2.15. The molecular formula is C19H36O4. The Bertz CT molecular complexity index is 291. The Morgan fingerprint density at radius 1 is 1.04 bits per heavy atom. The molecule has 0 spiro atoms. The summed E-state index contributed by atoms with van der Waals surface area (Å²) in [6.07, 6.45) is 14.2. The van der Waals surface area contributed by atoms with Crippen molar-refractivity contribution in [3.8, 4) is 0 Å². The van der Waals surface area contributed by atoms with E-state index in [-0.39, 0.29) is 18.7 Å². The highest BCUT2D eigenvalue weighted by Gasteiger charge is 2.16. The number of esters is 1. The monoisotopic (exact) mass is 328 g/mol. The molecule has 2 N–H and O–H groups in total. The Hall–Kier alpha value is -0.870. The van der Waals surface area contributed by atoms with Crippen LogP contribution in [-0.2, 0) is 9.53 Å². The first-order valence-electron chi connectivity index (χ1n) is 9.17. The Labute approximate surface area is 141 Å². The number of aliphatic hydroxyl groups is 2. The van der Waals surface area contributed by atoms with Gasteiger partial charge in [0.05, 0.1) is 12.7 Å². The van der Waals surface area contributed by atoms with Crippen molar-refractivity contribution in [2.75, 3.05) is 6.61 Å². The molecule has 0 unspecified atom stereocenters. The number of carbonyl (C=O) groups excluding carboxylic acids is 1. The van der Waals surface area contributed by atoms with Gasteiger partial charge in [0, 0.05) is 13.3 Å². The Morgan fingerprint density at radius 3 is 2.04 bits per heavy atom. The Morgan fingerprint density at radius 2 is 1.57 bits per heavy atom. The van der Waals surface area contributed by atoms with Gasteiger partial charge in [-0.05, 0) is 25.7 Å². The molecule has 0 saturated heterocycles. The van der Waals surface area contributed by atoms with Crippen LogP contribution in [0.4, 0.5) is 0 Å². The number of hydrogen-bond donors (Lipinski definition) is 2. The molecule has 0 aliphatic carbocycles. The van der Waals surface area contributed by atoms with Crippen molar-refractivity contribution in [1.82, 2.24) is 0 Å².